The van der Waals surface area contributed by atoms with E-state index in [4.69, 9.17) is 11.6 Å². The molecule has 0 aliphatic carbocycles. The Bertz CT molecular complexity index is 461. The smallest absolute Gasteiger partial charge is 0.180 e. The maximum atomic E-state index is 6.26. The number of aromatic amines is 1. The third-order valence-electron chi connectivity index (χ3n) is 2.41. The molecule has 0 radical (unpaired) electrons. The summed E-state index contributed by atoms with van der Waals surface area (Å²) in [5.74, 6) is 0.624. The van der Waals surface area contributed by atoms with Crippen molar-refractivity contribution < 1.29 is 0 Å². The van der Waals surface area contributed by atoms with Crippen molar-refractivity contribution in [2.75, 3.05) is 0 Å². The van der Waals surface area contributed by atoms with E-state index in [1.165, 1.54) is 0 Å². The van der Waals surface area contributed by atoms with Crippen LogP contribution in [0.4, 0.5) is 0 Å². The standard InChI is InChI=1S/C9H13ClN6/c1-3-6-9(10)7(16(4-2)13-6)5-8-11-14-15-12-8/h3-5H2,1-2H3,(H,11,12,14,15). The van der Waals surface area contributed by atoms with E-state index in [1.807, 2.05) is 18.5 Å². The molecule has 16 heavy (non-hydrogen) atoms. The molecule has 2 aromatic rings. The van der Waals surface area contributed by atoms with Gasteiger partial charge in [-0.2, -0.15) is 10.3 Å². The minimum atomic E-state index is 0.552. The van der Waals surface area contributed by atoms with E-state index < -0.39 is 0 Å². The minimum Gasteiger partial charge on any atom is -0.268 e. The molecular weight excluding hydrogens is 228 g/mol. The third kappa shape index (κ3) is 1.92. The van der Waals surface area contributed by atoms with Gasteiger partial charge in [0.2, 0.25) is 0 Å². The van der Waals surface area contributed by atoms with E-state index in [0.29, 0.717) is 17.3 Å². The van der Waals surface area contributed by atoms with Crippen LogP contribution in [0.2, 0.25) is 5.02 Å². The van der Waals surface area contributed by atoms with E-state index >= 15 is 0 Å². The van der Waals surface area contributed by atoms with Gasteiger partial charge in [-0.3, -0.25) is 4.68 Å². The zero-order valence-corrected chi connectivity index (χ0v) is 9.99. The van der Waals surface area contributed by atoms with Crippen LogP contribution in [0, 0.1) is 0 Å². The molecule has 0 amide bonds. The maximum absolute atomic E-state index is 6.26. The van der Waals surface area contributed by atoms with Crippen LogP contribution in [0.25, 0.3) is 0 Å². The lowest BCUT2D eigenvalue weighted by atomic mass is 10.2. The first kappa shape index (κ1) is 11.1. The molecule has 2 rings (SSSR count). The minimum absolute atomic E-state index is 0.552. The van der Waals surface area contributed by atoms with Gasteiger partial charge in [-0.25, -0.2) is 0 Å². The van der Waals surface area contributed by atoms with Crippen molar-refractivity contribution in [2.45, 2.75) is 33.2 Å². The van der Waals surface area contributed by atoms with E-state index in [9.17, 15) is 0 Å². The Morgan fingerprint density at radius 3 is 2.75 bits per heavy atom. The fraction of sp³-hybridized carbons (Fsp3) is 0.556. The monoisotopic (exact) mass is 240 g/mol. The highest BCUT2D eigenvalue weighted by atomic mass is 35.5. The summed E-state index contributed by atoms with van der Waals surface area (Å²) < 4.78 is 1.89. The fourth-order valence-corrected chi connectivity index (χ4v) is 1.93. The van der Waals surface area contributed by atoms with Crippen molar-refractivity contribution in [1.82, 2.24) is 30.4 Å². The molecule has 2 aromatic heterocycles. The molecule has 7 heteroatoms. The Morgan fingerprint density at radius 2 is 2.19 bits per heavy atom. The van der Waals surface area contributed by atoms with Gasteiger partial charge in [-0.15, -0.1) is 10.2 Å². The quantitative estimate of drug-likeness (QED) is 0.872. The fourth-order valence-electron chi connectivity index (χ4n) is 1.59. The lowest BCUT2D eigenvalue weighted by Gasteiger charge is -2.01. The summed E-state index contributed by atoms with van der Waals surface area (Å²) in [7, 11) is 0. The molecule has 0 unspecified atom stereocenters. The second-order valence-corrected chi connectivity index (χ2v) is 3.76. The van der Waals surface area contributed by atoms with Gasteiger partial charge in [0.1, 0.15) is 0 Å². The van der Waals surface area contributed by atoms with Crippen LogP contribution in [0.5, 0.6) is 0 Å². The molecule has 0 saturated carbocycles. The molecule has 0 spiro atoms. The van der Waals surface area contributed by atoms with Gasteiger partial charge >= 0.3 is 0 Å². The van der Waals surface area contributed by atoms with E-state index in [1.54, 1.807) is 0 Å². The zero-order chi connectivity index (χ0) is 11.5. The normalized spacial score (nSPS) is 10.9. The highest BCUT2D eigenvalue weighted by Crippen LogP contribution is 2.23. The average Bonchev–Trinajstić information content (AvgIpc) is 2.89. The second-order valence-electron chi connectivity index (χ2n) is 3.38. The SMILES string of the molecule is CCc1nn(CC)c(Cc2nn[nH]n2)c1Cl. The van der Waals surface area contributed by atoms with E-state index in [-0.39, 0.29) is 0 Å². The van der Waals surface area contributed by atoms with Crippen LogP contribution in [-0.2, 0) is 19.4 Å². The Morgan fingerprint density at radius 1 is 1.38 bits per heavy atom. The maximum Gasteiger partial charge on any atom is 0.180 e. The predicted octanol–water partition coefficient (Wildman–Crippen LogP) is 1.22. The molecule has 0 aliphatic heterocycles. The molecule has 0 aromatic carbocycles. The van der Waals surface area contributed by atoms with Crippen molar-refractivity contribution >= 4 is 11.6 Å². The number of aromatic nitrogens is 6. The van der Waals surface area contributed by atoms with Gasteiger partial charge in [0.15, 0.2) is 5.82 Å². The summed E-state index contributed by atoms with van der Waals surface area (Å²) in [5.41, 5.74) is 1.87. The lowest BCUT2D eigenvalue weighted by Crippen LogP contribution is -2.04. The number of tetrazole rings is 1. The van der Waals surface area contributed by atoms with Gasteiger partial charge in [0.25, 0.3) is 0 Å². The Labute approximate surface area is 98.0 Å². The van der Waals surface area contributed by atoms with Gasteiger partial charge in [-0.1, -0.05) is 23.7 Å². The Hall–Kier alpha value is -1.43. The number of hydrogen-bond donors (Lipinski definition) is 1. The highest BCUT2D eigenvalue weighted by Gasteiger charge is 2.16. The Kier molecular flexibility index (Phi) is 3.19. The number of halogens is 1. The van der Waals surface area contributed by atoms with Crippen molar-refractivity contribution in [3.05, 3.63) is 22.2 Å². The van der Waals surface area contributed by atoms with Crippen LogP contribution in [0.15, 0.2) is 0 Å². The number of hydrogen-bond acceptors (Lipinski definition) is 4. The molecule has 1 N–H and O–H groups in total. The average molecular weight is 241 g/mol. The molecule has 2 heterocycles. The third-order valence-corrected chi connectivity index (χ3v) is 2.85. The molecule has 0 fully saturated rings. The first-order chi connectivity index (χ1) is 7.76. The van der Waals surface area contributed by atoms with Crippen molar-refractivity contribution in [2.24, 2.45) is 0 Å². The number of H-pyrrole nitrogens is 1. The van der Waals surface area contributed by atoms with Crippen LogP contribution in [-0.4, -0.2) is 30.4 Å². The topological polar surface area (TPSA) is 72.3 Å². The zero-order valence-electron chi connectivity index (χ0n) is 9.24. The summed E-state index contributed by atoms with van der Waals surface area (Å²) in [5, 5.41) is 18.9. The van der Waals surface area contributed by atoms with Crippen LogP contribution in [0.1, 0.15) is 31.1 Å². The lowest BCUT2D eigenvalue weighted by molar-refractivity contribution is 0.618. The van der Waals surface area contributed by atoms with Crippen LogP contribution >= 0.6 is 11.6 Å². The molecule has 0 aliphatic rings. The van der Waals surface area contributed by atoms with Crippen molar-refractivity contribution in [3.8, 4) is 0 Å². The van der Waals surface area contributed by atoms with Gasteiger partial charge < -0.3 is 0 Å². The van der Waals surface area contributed by atoms with Gasteiger partial charge in [0.05, 0.1) is 22.8 Å². The van der Waals surface area contributed by atoms with Crippen LogP contribution in [0.3, 0.4) is 0 Å². The molecular formula is C9H13ClN6. The molecule has 0 atom stereocenters. The van der Waals surface area contributed by atoms with Crippen molar-refractivity contribution in [3.63, 3.8) is 0 Å². The highest BCUT2D eigenvalue weighted by molar-refractivity contribution is 6.31. The van der Waals surface area contributed by atoms with Gasteiger partial charge in [-0.05, 0) is 13.3 Å². The summed E-state index contributed by atoms with van der Waals surface area (Å²) >= 11 is 6.26. The molecule has 86 valence electrons. The Balaban J connectivity index is 2.35. The van der Waals surface area contributed by atoms with E-state index in [2.05, 4.69) is 25.7 Å². The first-order valence-electron chi connectivity index (χ1n) is 5.22. The van der Waals surface area contributed by atoms with Crippen molar-refractivity contribution in [1.29, 1.82) is 0 Å². The summed E-state index contributed by atoms with van der Waals surface area (Å²) in [6.07, 6.45) is 1.38. The summed E-state index contributed by atoms with van der Waals surface area (Å²) in [6, 6.07) is 0. The summed E-state index contributed by atoms with van der Waals surface area (Å²) in [4.78, 5) is 0. The second kappa shape index (κ2) is 4.61. The number of aryl methyl sites for hydroxylation is 2. The van der Waals surface area contributed by atoms with Gasteiger partial charge in [0, 0.05) is 6.54 Å². The molecule has 0 bridgehead atoms. The number of rotatable bonds is 4. The molecule has 0 saturated heterocycles. The predicted molar refractivity (Wildman–Crippen MR) is 59.3 cm³/mol. The summed E-state index contributed by atoms with van der Waals surface area (Å²) in [6.45, 7) is 4.85. The van der Waals surface area contributed by atoms with Crippen LogP contribution < -0.4 is 0 Å². The first-order valence-corrected chi connectivity index (χ1v) is 5.60. The largest absolute Gasteiger partial charge is 0.268 e. The number of nitrogens with one attached hydrogen (secondary N) is 1. The van der Waals surface area contributed by atoms with E-state index in [0.717, 1.165) is 24.4 Å². The number of nitrogens with zero attached hydrogens (tertiary/aromatic N) is 5. The molecule has 6 nitrogen and oxygen atoms in total.